The molecule has 9 aromatic rings. The molecule has 0 bridgehead atoms. The summed E-state index contributed by atoms with van der Waals surface area (Å²) in [4.78, 5) is 5.22. The van der Waals surface area contributed by atoms with E-state index in [0.29, 0.717) is 0 Å². The molecule has 0 atom stereocenters. The average molecular weight is 803 g/mol. The molecule has 0 unspecified atom stereocenters. The maximum atomic E-state index is 6.77. The molecule has 0 saturated heterocycles. The van der Waals surface area contributed by atoms with Gasteiger partial charge < -0.3 is 14.1 Å². The molecule has 1 aromatic heterocycles. The van der Waals surface area contributed by atoms with E-state index in [1.54, 1.807) is 0 Å². The highest BCUT2D eigenvalue weighted by Gasteiger charge is 2.46. The number of aryl methyl sites for hydroxylation is 2. The normalized spacial score (nSPS) is 13.4. The fourth-order valence-corrected chi connectivity index (χ4v) is 10.3. The summed E-state index contributed by atoms with van der Waals surface area (Å²) in [7, 11) is 0. The highest BCUT2D eigenvalue weighted by molar-refractivity contribution is 6.94. The van der Waals surface area contributed by atoms with Gasteiger partial charge in [-0.2, -0.15) is 0 Å². The molecule has 302 valence electrons. The first-order valence-corrected chi connectivity index (χ1v) is 22.0. The molecule has 4 heteroatoms. The van der Waals surface area contributed by atoms with Gasteiger partial charge in [-0.3, -0.25) is 0 Å². The molecular weight excluding hydrogens is 751 g/mol. The van der Waals surface area contributed by atoms with Crippen molar-refractivity contribution in [2.24, 2.45) is 0 Å². The number of furan rings is 1. The van der Waals surface area contributed by atoms with Crippen molar-refractivity contribution < 1.29 is 4.42 Å². The highest BCUT2D eigenvalue weighted by Crippen LogP contribution is 2.52. The largest absolute Gasteiger partial charge is 0.456 e. The molecular formula is C58H51BN2O. The van der Waals surface area contributed by atoms with Crippen LogP contribution in [-0.2, 0) is 10.8 Å². The van der Waals surface area contributed by atoms with Crippen LogP contribution in [0.1, 0.15) is 63.8 Å². The molecule has 11 rings (SSSR count). The van der Waals surface area contributed by atoms with E-state index in [-0.39, 0.29) is 17.7 Å². The van der Waals surface area contributed by atoms with E-state index in [0.717, 1.165) is 33.3 Å². The lowest BCUT2D eigenvalue weighted by Crippen LogP contribution is -2.61. The topological polar surface area (TPSA) is 19.6 Å². The monoisotopic (exact) mass is 802 g/mol. The van der Waals surface area contributed by atoms with Crippen molar-refractivity contribution >= 4 is 68.1 Å². The van der Waals surface area contributed by atoms with E-state index in [1.807, 2.05) is 0 Å². The Labute approximate surface area is 366 Å². The van der Waals surface area contributed by atoms with E-state index in [1.165, 1.54) is 83.6 Å². The van der Waals surface area contributed by atoms with Crippen LogP contribution in [0.3, 0.4) is 0 Å². The van der Waals surface area contributed by atoms with Crippen molar-refractivity contribution in [1.82, 2.24) is 0 Å². The number of benzene rings is 8. The molecule has 0 aliphatic carbocycles. The third-order valence-electron chi connectivity index (χ3n) is 13.4. The molecule has 2 aliphatic heterocycles. The first-order valence-electron chi connectivity index (χ1n) is 22.0. The van der Waals surface area contributed by atoms with Gasteiger partial charge in [0, 0.05) is 33.6 Å². The first-order chi connectivity index (χ1) is 29.9. The Bertz CT molecular complexity index is 3220. The van der Waals surface area contributed by atoms with Gasteiger partial charge in [-0.15, -0.1) is 0 Å². The van der Waals surface area contributed by atoms with Crippen molar-refractivity contribution in [3.63, 3.8) is 0 Å². The summed E-state index contributed by atoms with van der Waals surface area (Å²) in [5.74, 6) is 0. The number of para-hydroxylation sites is 2. The number of anilines is 5. The molecule has 0 fully saturated rings. The molecule has 0 N–H and O–H groups in total. The maximum absolute atomic E-state index is 6.77. The summed E-state index contributed by atoms with van der Waals surface area (Å²) in [5.41, 5.74) is 22.7. The Kier molecular flexibility index (Phi) is 8.54. The quantitative estimate of drug-likeness (QED) is 0.165. The maximum Gasteiger partial charge on any atom is 0.333 e. The van der Waals surface area contributed by atoms with Crippen LogP contribution >= 0.6 is 0 Å². The minimum atomic E-state index is -0.138. The molecule has 62 heavy (non-hydrogen) atoms. The molecule has 3 heterocycles. The minimum Gasteiger partial charge on any atom is -0.456 e. The minimum absolute atomic E-state index is 0.0348. The zero-order valence-corrected chi connectivity index (χ0v) is 37.0. The highest BCUT2D eigenvalue weighted by atomic mass is 16.3. The van der Waals surface area contributed by atoms with Gasteiger partial charge in [0.1, 0.15) is 11.2 Å². The summed E-state index contributed by atoms with van der Waals surface area (Å²) in [6.45, 7) is 18.2. The molecule has 0 spiro atoms. The summed E-state index contributed by atoms with van der Waals surface area (Å²) in [5, 5.41) is 2.24. The van der Waals surface area contributed by atoms with E-state index >= 15 is 0 Å². The second-order valence-electron chi connectivity index (χ2n) is 19.5. The molecule has 8 aromatic carbocycles. The second-order valence-corrected chi connectivity index (χ2v) is 19.5. The number of nitrogens with zero attached hydrogens (tertiary/aromatic N) is 2. The predicted molar refractivity (Wildman–Crippen MR) is 265 cm³/mol. The number of hydrogen-bond donors (Lipinski definition) is 0. The molecule has 0 amide bonds. The lowest BCUT2D eigenvalue weighted by molar-refractivity contribution is 0.590. The van der Waals surface area contributed by atoms with Crippen molar-refractivity contribution in [3.05, 3.63) is 186 Å². The van der Waals surface area contributed by atoms with E-state index < -0.39 is 0 Å². The van der Waals surface area contributed by atoms with Crippen LogP contribution in [-0.4, -0.2) is 6.85 Å². The van der Waals surface area contributed by atoms with Crippen LogP contribution in [0.25, 0.3) is 55.3 Å². The Morgan fingerprint density at radius 2 is 1.16 bits per heavy atom. The second kappa shape index (κ2) is 13.9. The van der Waals surface area contributed by atoms with Crippen molar-refractivity contribution in [2.75, 3.05) is 9.71 Å². The van der Waals surface area contributed by atoms with Crippen LogP contribution < -0.4 is 20.6 Å². The van der Waals surface area contributed by atoms with E-state index in [9.17, 15) is 0 Å². The smallest absolute Gasteiger partial charge is 0.333 e. The average Bonchev–Trinajstić information content (AvgIpc) is 3.65. The van der Waals surface area contributed by atoms with Gasteiger partial charge in [0.15, 0.2) is 0 Å². The van der Waals surface area contributed by atoms with Gasteiger partial charge >= 0.3 is 6.85 Å². The molecule has 2 aliphatic rings. The number of hydrogen-bond acceptors (Lipinski definition) is 3. The summed E-state index contributed by atoms with van der Waals surface area (Å²) in [6.07, 6.45) is 0. The van der Waals surface area contributed by atoms with E-state index in [4.69, 9.17) is 4.42 Å². The Hall–Kier alpha value is -6.78. The van der Waals surface area contributed by atoms with Gasteiger partial charge in [-0.05, 0) is 135 Å². The summed E-state index contributed by atoms with van der Waals surface area (Å²) >= 11 is 0. The zero-order valence-electron chi connectivity index (χ0n) is 37.0. The predicted octanol–water partition coefficient (Wildman–Crippen LogP) is 14.8. The van der Waals surface area contributed by atoms with Crippen LogP contribution in [0, 0.1) is 13.8 Å². The van der Waals surface area contributed by atoms with Gasteiger partial charge in [-0.25, -0.2) is 0 Å². The summed E-state index contributed by atoms with van der Waals surface area (Å²) in [6, 6.07) is 61.2. The molecule has 0 saturated carbocycles. The molecule has 0 radical (unpaired) electrons. The first kappa shape index (κ1) is 38.2. The van der Waals surface area contributed by atoms with Crippen molar-refractivity contribution in [3.8, 4) is 33.4 Å². The van der Waals surface area contributed by atoms with Gasteiger partial charge in [-0.1, -0.05) is 151 Å². The lowest BCUT2D eigenvalue weighted by Gasteiger charge is -2.46. The fraction of sp³-hybridized carbons (Fsp3) is 0.172. The lowest BCUT2D eigenvalue weighted by atomic mass is 9.43. The van der Waals surface area contributed by atoms with Crippen LogP contribution in [0.2, 0.25) is 0 Å². The SMILES string of the molecule is Cc1cccc(C)c1-c1cc2c3c(c1)N(c1ccc(C(C)(C)C)cc1-c1ccccc1)c1c(ccc4oc5ccccc5c14)B3N(c1ccc(C(C)(C)C)cc1)c1ccccc1-2. The third-order valence-corrected chi connectivity index (χ3v) is 13.4. The van der Waals surface area contributed by atoms with Crippen molar-refractivity contribution in [1.29, 1.82) is 0 Å². The van der Waals surface area contributed by atoms with Gasteiger partial charge in [0.2, 0.25) is 0 Å². The zero-order chi connectivity index (χ0) is 42.7. The Balaban J connectivity index is 1.32. The number of fused-ring (bicyclic) bond motifs is 8. The fourth-order valence-electron chi connectivity index (χ4n) is 10.3. The Morgan fingerprint density at radius 1 is 0.484 bits per heavy atom. The van der Waals surface area contributed by atoms with Crippen LogP contribution in [0.5, 0.6) is 0 Å². The van der Waals surface area contributed by atoms with Crippen LogP contribution in [0.15, 0.2) is 168 Å². The van der Waals surface area contributed by atoms with Gasteiger partial charge in [0.05, 0.1) is 16.8 Å². The van der Waals surface area contributed by atoms with Crippen molar-refractivity contribution in [2.45, 2.75) is 66.2 Å². The Morgan fingerprint density at radius 3 is 1.90 bits per heavy atom. The third kappa shape index (κ3) is 5.87. The van der Waals surface area contributed by atoms with Gasteiger partial charge in [0.25, 0.3) is 0 Å². The number of rotatable bonds is 4. The molecule has 3 nitrogen and oxygen atoms in total. The summed E-state index contributed by atoms with van der Waals surface area (Å²) < 4.78 is 6.77. The standard InChI is InChI=1S/C58H51BN2O/c1-36-17-16-18-37(2)53(36)39-33-46-43-21-12-14-23-49(43)61(42-28-25-40(26-29-42)57(3,4)5)59-47-30-32-52-54(44-22-13-15-24-51(44)62-52)56(47)60(50(34-39)55(46)59)48-31-27-41(58(6,7)8)35-45(48)38-19-10-9-11-20-38/h9-35H,1-8H3. The van der Waals surface area contributed by atoms with E-state index in [2.05, 4.69) is 229 Å². The van der Waals surface area contributed by atoms with Crippen LogP contribution in [0.4, 0.5) is 28.4 Å².